The molecule has 2 aromatic carbocycles. The molecule has 1 saturated heterocycles. The summed E-state index contributed by atoms with van der Waals surface area (Å²) in [6.07, 6.45) is 0. The van der Waals surface area contributed by atoms with E-state index >= 15 is 0 Å². The van der Waals surface area contributed by atoms with Crippen LogP contribution in [0, 0.1) is 6.92 Å². The summed E-state index contributed by atoms with van der Waals surface area (Å²) in [6, 6.07) is 15.8. The number of amides is 1. The molecule has 5 rings (SSSR count). The summed E-state index contributed by atoms with van der Waals surface area (Å²) in [7, 11) is 0. The van der Waals surface area contributed by atoms with Crippen LogP contribution in [-0.4, -0.2) is 34.9 Å². The molecule has 1 unspecified atom stereocenters. The summed E-state index contributed by atoms with van der Waals surface area (Å²) in [5.74, 6) is -0.452. The number of hydrogen-bond acceptors (Lipinski definition) is 6. The highest BCUT2D eigenvalue weighted by Crippen LogP contribution is 2.42. The van der Waals surface area contributed by atoms with E-state index in [0.717, 1.165) is 16.0 Å². The number of Topliss-reactive ketones (excluding diaryl/α,β-unsaturated/α-hetero) is 1. The summed E-state index contributed by atoms with van der Waals surface area (Å²) >= 11 is 1.52. The molecule has 0 radical (unpaired) electrons. The first-order valence-corrected chi connectivity index (χ1v) is 11.2. The number of aliphatic hydroxyl groups is 1. The van der Waals surface area contributed by atoms with Gasteiger partial charge in [0.15, 0.2) is 11.5 Å². The van der Waals surface area contributed by atoms with Gasteiger partial charge < -0.3 is 19.5 Å². The van der Waals surface area contributed by atoms with Gasteiger partial charge in [0.05, 0.1) is 18.2 Å². The summed E-state index contributed by atoms with van der Waals surface area (Å²) in [4.78, 5) is 28.7. The van der Waals surface area contributed by atoms with E-state index in [0.29, 0.717) is 36.8 Å². The average Bonchev–Trinajstić information content (AvgIpc) is 3.41. The highest BCUT2D eigenvalue weighted by atomic mass is 32.1. The van der Waals surface area contributed by atoms with E-state index in [1.54, 1.807) is 18.2 Å². The quantitative estimate of drug-likeness (QED) is 0.363. The fourth-order valence-corrected chi connectivity index (χ4v) is 4.85. The molecule has 3 aromatic rings. The molecule has 1 N–H and O–H groups in total. The zero-order valence-electron chi connectivity index (χ0n) is 17.4. The maximum absolute atomic E-state index is 13.2. The minimum absolute atomic E-state index is 0.0776. The van der Waals surface area contributed by atoms with E-state index in [1.807, 2.05) is 48.7 Å². The van der Waals surface area contributed by atoms with Crippen LogP contribution in [0.2, 0.25) is 0 Å². The SMILES string of the molecule is Cc1cccc(C2/C(=C(/O)c3ccc4c(c3)OCCO4)C(=O)C(=O)N2Cc2cccs2)c1. The Kier molecular flexibility index (Phi) is 5.19. The molecule has 3 heterocycles. The van der Waals surface area contributed by atoms with Gasteiger partial charge in [0.1, 0.15) is 19.0 Å². The minimum Gasteiger partial charge on any atom is -0.507 e. The molecule has 1 fully saturated rings. The molecule has 1 aromatic heterocycles. The van der Waals surface area contributed by atoms with E-state index in [2.05, 4.69) is 0 Å². The third-order valence-corrected chi connectivity index (χ3v) is 6.48. The molecule has 32 heavy (non-hydrogen) atoms. The zero-order valence-corrected chi connectivity index (χ0v) is 18.2. The van der Waals surface area contributed by atoms with Crippen molar-refractivity contribution in [3.05, 3.63) is 87.1 Å². The second-order valence-corrected chi connectivity index (χ2v) is 8.81. The Morgan fingerprint density at radius 2 is 1.88 bits per heavy atom. The molecule has 1 atom stereocenters. The van der Waals surface area contributed by atoms with Gasteiger partial charge >= 0.3 is 0 Å². The first-order valence-electron chi connectivity index (χ1n) is 10.3. The molecule has 2 aliphatic rings. The first kappa shape index (κ1) is 20.3. The van der Waals surface area contributed by atoms with Crippen LogP contribution in [0.5, 0.6) is 11.5 Å². The lowest BCUT2D eigenvalue weighted by Gasteiger charge is -2.25. The Bertz CT molecular complexity index is 1230. The van der Waals surface area contributed by atoms with Crippen LogP contribution in [0.4, 0.5) is 0 Å². The monoisotopic (exact) mass is 447 g/mol. The number of rotatable bonds is 4. The Morgan fingerprint density at radius 3 is 2.62 bits per heavy atom. The maximum Gasteiger partial charge on any atom is 0.295 e. The third-order valence-electron chi connectivity index (χ3n) is 5.62. The van der Waals surface area contributed by atoms with E-state index in [4.69, 9.17) is 9.47 Å². The van der Waals surface area contributed by atoms with Crippen molar-refractivity contribution >= 4 is 28.8 Å². The number of ketones is 1. The second kappa shape index (κ2) is 8.16. The van der Waals surface area contributed by atoms with Crippen molar-refractivity contribution in [3.63, 3.8) is 0 Å². The predicted octanol–water partition coefficient (Wildman–Crippen LogP) is 4.45. The van der Waals surface area contributed by atoms with E-state index in [1.165, 1.54) is 16.2 Å². The van der Waals surface area contributed by atoms with Crippen LogP contribution in [-0.2, 0) is 16.1 Å². The molecule has 2 aliphatic heterocycles. The van der Waals surface area contributed by atoms with Gasteiger partial charge in [-0.1, -0.05) is 35.9 Å². The molecule has 6 nitrogen and oxygen atoms in total. The number of aliphatic hydroxyl groups excluding tert-OH is 1. The Morgan fingerprint density at radius 1 is 1.06 bits per heavy atom. The standard InChI is InChI=1S/C25H21NO5S/c1-15-4-2-5-16(12-15)22-21(24(28)25(29)26(22)14-18-6-3-11-32-18)23(27)17-7-8-19-20(13-17)31-10-9-30-19/h2-8,11-13,22,27H,9-10,14H2,1H3/b23-21-. The normalized spacial score (nSPS) is 19.4. The molecule has 0 spiro atoms. The van der Waals surface area contributed by atoms with Crippen molar-refractivity contribution in [3.8, 4) is 11.5 Å². The lowest BCUT2D eigenvalue weighted by Crippen LogP contribution is -2.28. The Labute approximate surface area is 189 Å². The van der Waals surface area contributed by atoms with Crippen LogP contribution >= 0.6 is 11.3 Å². The maximum atomic E-state index is 13.2. The summed E-state index contributed by atoms with van der Waals surface area (Å²) < 4.78 is 11.2. The van der Waals surface area contributed by atoms with Crippen LogP contribution < -0.4 is 9.47 Å². The van der Waals surface area contributed by atoms with E-state index in [9.17, 15) is 14.7 Å². The van der Waals surface area contributed by atoms with Crippen LogP contribution in [0.25, 0.3) is 5.76 Å². The molecule has 7 heteroatoms. The van der Waals surface area contributed by atoms with Gasteiger partial charge in [-0.2, -0.15) is 0 Å². The molecule has 0 aliphatic carbocycles. The Hall–Kier alpha value is -3.58. The lowest BCUT2D eigenvalue weighted by atomic mass is 9.94. The van der Waals surface area contributed by atoms with Gasteiger partial charge in [-0.3, -0.25) is 9.59 Å². The van der Waals surface area contributed by atoms with Crippen molar-refractivity contribution in [2.24, 2.45) is 0 Å². The van der Waals surface area contributed by atoms with Crippen LogP contribution in [0.3, 0.4) is 0 Å². The third kappa shape index (κ3) is 3.54. The van der Waals surface area contributed by atoms with Crippen LogP contribution in [0.1, 0.15) is 27.6 Å². The molecule has 0 bridgehead atoms. The van der Waals surface area contributed by atoms with Crippen molar-refractivity contribution < 1.29 is 24.2 Å². The second-order valence-electron chi connectivity index (χ2n) is 7.78. The number of aryl methyl sites for hydroxylation is 1. The van der Waals surface area contributed by atoms with Gasteiger partial charge in [0.25, 0.3) is 11.7 Å². The number of carbonyl (C=O) groups is 2. The molecule has 0 saturated carbocycles. The largest absolute Gasteiger partial charge is 0.507 e. The molecule has 1 amide bonds. The number of carbonyl (C=O) groups excluding carboxylic acids is 2. The number of likely N-dealkylation sites (tertiary alicyclic amines) is 1. The molecular weight excluding hydrogens is 426 g/mol. The molecular formula is C25H21NO5S. The van der Waals surface area contributed by atoms with Gasteiger partial charge in [-0.05, 0) is 42.1 Å². The number of thiophene rings is 1. The van der Waals surface area contributed by atoms with Gasteiger partial charge in [-0.25, -0.2) is 0 Å². The van der Waals surface area contributed by atoms with Gasteiger partial charge in [0.2, 0.25) is 0 Å². The summed E-state index contributed by atoms with van der Waals surface area (Å²) in [5, 5.41) is 13.2. The number of benzene rings is 2. The lowest BCUT2D eigenvalue weighted by molar-refractivity contribution is -0.140. The summed E-state index contributed by atoms with van der Waals surface area (Å²) in [6.45, 7) is 3.11. The van der Waals surface area contributed by atoms with E-state index < -0.39 is 17.7 Å². The summed E-state index contributed by atoms with van der Waals surface area (Å²) in [5.41, 5.74) is 2.26. The van der Waals surface area contributed by atoms with Gasteiger partial charge in [-0.15, -0.1) is 11.3 Å². The van der Waals surface area contributed by atoms with E-state index in [-0.39, 0.29) is 11.3 Å². The van der Waals surface area contributed by atoms with Crippen LogP contribution in [0.15, 0.2) is 65.6 Å². The van der Waals surface area contributed by atoms with Crippen molar-refractivity contribution in [1.29, 1.82) is 0 Å². The zero-order chi connectivity index (χ0) is 22.2. The van der Waals surface area contributed by atoms with Crippen molar-refractivity contribution in [2.75, 3.05) is 13.2 Å². The minimum atomic E-state index is -0.694. The predicted molar refractivity (Wildman–Crippen MR) is 121 cm³/mol. The topological polar surface area (TPSA) is 76.1 Å². The highest BCUT2D eigenvalue weighted by Gasteiger charge is 2.46. The number of fused-ring (bicyclic) bond motifs is 1. The number of hydrogen-bond donors (Lipinski definition) is 1. The fraction of sp³-hybridized carbons (Fsp3) is 0.200. The fourth-order valence-electron chi connectivity index (χ4n) is 4.15. The smallest absolute Gasteiger partial charge is 0.295 e. The van der Waals surface area contributed by atoms with Gasteiger partial charge in [0, 0.05) is 10.4 Å². The first-order chi connectivity index (χ1) is 15.5. The van der Waals surface area contributed by atoms with Crippen molar-refractivity contribution in [1.82, 2.24) is 4.90 Å². The molecule has 162 valence electrons. The highest BCUT2D eigenvalue weighted by molar-refractivity contribution is 7.09. The van der Waals surface area contributed by atoms with Crippen molar-refractivity contribution in [2.45, 2.75) is 19.5 Å². The Balaban J connectivity index is 1.64. The number of ether oxygens (including phenoxy) is 2. The number of nitrogens with zero attached hydrogens (tertiary/aromatic N) is 1. The average molecular weight is 448 g/mol.